The number of rotatable bonds is 3. The highest BCUT2D eigenvalue weighted by molar-refractivity contribution is 7.13. The third kappa shape index (κ3) is 1.87. The maximum Gasteiger partial charge on any atom is 0.183 e. The molecule has 0 bridgehead atoms. The molecule has 0 saturated heterocycles. The summed E-state index contributed by atoms with van der Waals surface area (Å²) in [4.78, 5) is 4.25. The third-order valence-electron chi connectivity index (χ3n) is 2.93. The molecule has 0 aliphatic heterocycles. The molecule has 0 radical (unpaired) electrons. The summed E-state index contributed by atoms with van der Waals surface area (Å²) in [5.41, 5.74) is 7.22. The minimum Gasteiger partial charge on any atom is -0.330 e. The van der Waals surface area contributed by atoms with E-state index in [0.717, 1.165) is 18.7 Å². The van der Waals surface area contributed by atoms with Gasteiger partial charge in [0, 0.05) is 5.38 Å². The number of halogens is 1. The minimum atomic E-state index is 0.345. The van der Waals surface area contributed by atoms with Crippen LogP contribution in [-0.4, -0.2) is 11.5 Å². The molecule has 1 aliphatic carbocycles. The second-order valence-electron chi connectivity index (χ2n) is 3.83. The van der Waals surface area contributed by atoms with E-state index in [9.17, 15) is 0 Å². The van der Waals surface area contributed by atoms with E-state index in [1.54, 1.807) is 0 Å². The summed E-state index contributed by atoms with van der Waals surface area (Å²) in [6.07, 6.45) is 4.82. The number of hydrogen-bond acceptors (Lipinski definition) is 3. The summed E-state index contributed by atoms with van der Waals surface area (Å²) in [5.74, 6) is 0. The Labute approximate surface area is 87.1 Å². The van der Waals surface area contributed by atoms with Crippen LogP contribution in [0.3, 0.4) is 0 Å². The van der Waals surface area contributed by atoms with Crippen LogP contribution in [0, 0.1) is 5.41 Å². The zero-order valence-corrected chi connectivity index (χ0v) is 9.00. The number of thiazole rings is 1. The summed E-state index contributed by atoms with van der Waals surface area (Å²) >= 11 is 7.27. The minimum absolute atomic E-state index is 0.345. The highest BCUT2D eigenvalue weighted by atomic mass is 35.5. The molecule has 0 aromatic carbocycles. The molecule has 0 spiro atoms. The van der Waals surface area contributed by atoms with Gasteiger partial charge in [-0.3, -0.25) is 0 Å². The normalized spacial score (nSPS) is 19.8. The van der Waals surface area contributed by atoms with Crippen molar-refractivity contribution < 1.29 is 0 Å². The van der Waals surface area contributed by atoms with Crippen molar-refractivity contribution in [2.45, 2.75) is 25.7 Å². The number of aromatic nitrogens is 1. The van der Waals surface area contributed by atoms with E-state index in [2.05, 4.69) is 4.98 Å². The summed E-state index contributed by atoms with van der Waals surface area (Å²) in [7, 11) is 0. The Balaban J connectivity index is 2.04. The molecule has 2 rings (SSSR count). The topological polar surface area (TPSA) is 38.9 Å². The highest BCUT2D eigenvalue weighted by Crippen LogP contribution is 2.42. The van der Waals surface area contributed by atoms with Gasteiger partial charge in [-0.2, -0.15) is 0 Å². The van der Waals surface area contributed by atoms with Gasteiger partial charge in [0.2, 0.25) is 0 Å². The lowest BCUT2D eigenvalue weighted by molar-refractivity contribution is 0.143. The van der Waals surface area contributed by atoms with Gasteiger partial charge in [-0.25, -0.2) is 4.98 Å². The molecule has 1 saturated carbocycles. The Morgan fingerprint density at radius 1 is 1.62 bits per heavy atom. The van der Waals surface area contributed by atoms with E-state index < -0.39 is 0 Å². The van der Waals surface area contributed by atoms with Gasteiger partial charge in [-0.15, -0.1) is 11.3 Å². The molecule has 1 aromatic heterocycles. The lowest BCUT2D eigenvalue weighted by Gasteiger charge is -2.40. The molecule has 0 unspecified atom stereocenters. The lowest BCUT2D eigenvalue weighted by Crippen LogP contribution is -2.39. The van der Waals surface area contributed by atoms with Crippen molar-refractivity contribution in [3.8, 4) is 0 Å². The largest absolute Gasteiger partial charge is 0.330 e. The molecule has 2 N–H and O–H groups in total. The van der Waals surface area contributed by atoms with E-state index in [-0.39, 0.29) is 0 Å². The first-order chi connectivity index (χ1) is 6.24. The van der Waals surface area contributed by atoms with Crippen molar-refractivity contribution in [2.24, 2.45) is 11.1 Å². The molecular weight excluding hydrogens is 204 g/mol. The van der Waals surface area contributed by atoms with Crippen LogP contribution in [-0.2, 0) is 6.42 Å². The second kappa shape index (κ2) is 3.56. The molecule has 0 atom stereocenters. The maximum atomic E-state index is 5.77. The maximum absolute atomic E-state index is 5.77. The van der Waals surface area contributed by atoms with Crippen LogP contribution in [0.25, 0.3) is 0 Å². The lowest BCUT2D eigenvalue weighted by atomic mass is 9.66. The van der Waals surface area contributed by atoms with E-state index in [0.29, 0.717) is 9.88 Å². The van der Waals surface area contributed by atoms with Gasteiger partial charge in [0.15, 0.2) is 4.47 Å². The van der Waals surface area contributed by atoms with Gasteiger partial charge in [0.25, 0.3) is 0 Å². The molecule has 1 heterocycles. The van der Waals surface area contributed by atoms with Crippen LogP contribution in [0.5, 0.6) is 0 Å². The number of hydrogen-bond donors (Lipinski definition) is 1. The summed E-state index contributed by atoms with van der Waals surface area (Å²) < 4.78 is 0.640. The zero-order valence-electron chi connectivity index (χ0n) is 7.42. The van der Waals surface area contributed by atoms with Gasteiger partial charge >= 0.3 is 0 Å². The van der Waals surface area contributed by atoms with Crippen molar-refractivity contribution in [3.05, 3.63) is 15.5 Å². The van der Waals surface area contributed by atoms with Crippen LogP contribution < -0.4 is 5.73 Å². The molecule has 1 aliphatic rings. The Morgan fingerprint density at radius 3 is 2.77 bits per heavy atom. The monoisotopic (exact) mass is 216 g/mol. The van der Waals surface area contributed by atoms with Gasteiger partial charge < -0.3 is 5.73 Å². The molecule has 0 amide bonds. The van der Waals surface area contributed by atoms with Crippen LogP contribution in [0.2, 0.25) is 4.47 Å². The number of nitrogens with zero attached hydrogens (tertiary/aromatic N) is 1. The Hall–Kier alpha value is -0.120. The van der Waals surface area contributed by atoms with E-state index in [4.69, 9.17) is 17.3 Å². The predicted octanol–water partition coefficient (Wildman–Crippen LogP) is 2.47. The van der Waals surface area contributed by atoms with Gasteiger partial charge in [0.1, 0.15) is 0 Å². The summed E-state index contributed by atoms with van der Waals surface area (Å²) in [6, 6.07) is 0. The summed E-state index contributed by atoms with van der Waals surface area (Å²) in [5, 5.41) is 2.04. The fraction of sp³-hybridized carbons (Fsp3) is 0.667. The quantitative estimate of drug-likeness (QED) is 0.843. The fourth-order valence-corrected chi connectivity index (χ4v) is 2.66. The molecule has 13 heavy (non-hydrogen) atoms. The Bertz CT molecular complexity index is 288. The van der Waals surface area contributed by atoms with Crippen LogP contribution in [0.15, 0.2) is 5.38 Å². The van der Waals surface area contributed by atoms with Crippen LogP contribution in [0.4, 0.5) is 0 Å². The highest BCUT2D eigenvalue weighted by Gasteiger charge is 2.36. The van der Waals surface area contributed by atoms with Gasteiger partial charge in [0.05, 0.1) is 5.69 Å². The molecule has 4 heteroatoms. The first kappa shape index (κ1) is 9.44. The molecule has 72 valence electrons. The molecule has 1 aromatic rings. The zero-order chi connectivity index (χ0) is 9.31. The Kier molecular flexibility index (Phi) is 2.58. The van der Waals surface area contributed by atoms with E-state index in [1.165, 1.54) is 30.6 Å². The molecule has 1 fully saturated rings. The molecule has 2 nitrogen and oxygen atoms in total. The first-order valence-electron chi connectivity index (χ1n) is 4.54. The van der Waals surface area contributed by atoms with Crippen molar-refractivity contribution in [3.63, 3.8) is 0 Å². The van der Waals surface area contributed by atoms with Crippen molar-refractivity contribution in [2.75, 3.05) is 6.54 Å². The first-order valence-corrected chi connectivity index (χ1v) is 5.80. The smallest absolute Gasteiger partial charge is 0.183 e. The Morgan fingerprint density at radius 2 is 2.38 bits per heavy atom. The second-order valence-corrected chi connectivity index (χ2v) is 5.27. The van der Waals surface area contributed by atoms with Crippen molar-refractivity contribution in [1.82, 2.24) is 4.98 Å². The van der Waals surface area contributed by atoms with E-state index >= 15 is 0 Å². The SMILES string of the molecule is NCC1(Cc2csc(Cl)n2)CCC1. The standard InChI is InChI=1S/C9H13ClN2S/c10-8-12-7(5-13-8)4-9(6-11)2-1-3-9/h5H,1-4,6,11H2. The van der Waals surface area contributed by atoms with Crippen LogP contribution >= 0.6 is 22.9 Å². The molecular formula is C9H13ClN2S. The summed E-state index contributed by atoms with van der Waals surface area (Å²) in [6.45, 7) is 0.780. The predicted molar refractivity (Wildman–Crippen MR) is 56.2 cm³/mol. The van der Waals surface area contributed by atoms with Gasteiger partial charge in [-0.1, -0.05) is 18.0 Å². The van der Waals surface area contributed by atoms with Gasteiger partial charge in [-0.05, 0) is 31.2 Å². The van der Waals surface area contributed by atoms with Crippen molar-refractivity contribution >= 4 is 22.9 Å². The average molecular weight is 217 g/mol. The van der Waals surface area contributed by atoms with E-state index in [1.807, 2.05) is 5.38 Å². The van der Waals surface area contributed by atoms with Crippen molar-refractivity contribution in [1.29, 1.82) is 0 Å². The van der Waals surface area contributed by atoms with Crippen LogP contribution in [0.1, 0.15) is 25.0 Å². The average Bonchev–Trinajstić information content (AvgIpc) is 2.44. The fourth-order valence-electron chi connectivity index (χ4n) is 1.88. The number of nitrogens with two attached hydrogens (primary N) is 1. The third-order valence-corrected chi connectivity index (χ3v) is 3.95.